The number of H-pyrrole nitrogens is 1. The number of nitrogens with one attached hydrogen (secondary N) is 1. The average Bonchev–Trinajstić information content (AvgIpc) is 2.82. The number of nitrogens with zero attached hydrogens (tertiary/aromatic N) is 2. The number of ether oxygens (including phenoxy) is 1. The Bertz CT molecular complexity index is 401. The van der Waals surface area contributed by atoms with E-state index in [1.165, 1.54) is 19.3 Å². The Morgan fingerprint density at radius 2 is 2.33 bits per heavy atom. The largest absolute Gasteiger partial charge is 0.376 e. The minimum Gasteiger partial charge on any atom is -0.376 e. The summed E-state index contributed by atoms with van der Waals surface area (Å²) >= 11 is 5.24. The summed E-state index contributed by atoms with van der Waals surface area (Å²) < 4.78 is 8.50. The second kappa shape index (κ2) is 3.72. The van der Waals surface area contributed by atoms with Crippen LogP contribution in [0, 0.1) is 4.77 Å². The van der Waals surface area contributed by atoms with E-state index in [4.69, 9.17) is 17.0 Å². The van der Waals surface area contributed by atoms with Gasteiger partial charge in [0, 0.05) is 12.5 Å². The van der Waals surface area contributed by atoms with Crippen LogP contribution in [-0.2, 0) is 11.3 Å². The van der Waals surface area contributed by atoms with Gasteiger partial charge < -0.3 is 9.30 Å². The third kappa shape index (κ3) is 1.86. The molecular weight excluding hydrogens is 210 g/mol. The first kappa shape index (κ1) is 9.54. The first-order chi connectivity index (χ1) is 7.34. The standard InChI is InChI=1S/C10H15N3OS/c15-10-12-11-9(7-3-4-7)13(10)6-8-2-1-5-14-8/h7-8H,1-6H2,(H,12,15)/t8-/m0/s1. The van der Waals surface area contributed by atoms with Crippen molar-refractivity contribution in [2.75, 3.05) is 6.61 Å². The fourth-order valence-electron chi connectivity index (χ4n) is 2.15. The number of aromatic nitrogens is 3. The van der Waals surface area contributed by atoms with Crippen molar-refractivity contribution < 1.29 is 4.74 Å². The highest BCUT2D eigenvalue weighted by atomic mass is 32.1. The average molecular weight is 225 g/mol. The third-order valence-electron chi connectivity index (χ3n) is 3.14. The SMILES string of the molecule is S=c1[nH]nc(C2CC2)n1C[C@@H]1CCCO1. The summed E-state index contributed by atoms with van der Waals surface area (Å²) in [6.07, 6.45) is 5.17. The van der Waals surface area contributed by atoms with Crippen molar-refractivity contribution in [2.24, 2.45) is 0 Å². The van der Waals surface area contributed by atoms with Crippen LogP contribution in [0.3, 0.4) is 0 Å². The van der Waals surface area contributed by atoms with Crippen molar-refractivity contribution in [1.82, 2.24) is 14.8 Å². The number of hydrogen-bond acceptors (Lipinski definition) is 3. The van der Waals surface area contributed by atoms with E-state index in [0.717, 1.165) is 30.2 Å². The lowest BCUT2D eigenvalue weighted by Crippen LogP contribution is -2.16. The Kier molecular flexibility index (Phi) is 2.36. The summed E-state index contributed by atoms with van der Waals surface area (Å²) in [4.78, 5) is 0. The Labute approximate surface area is 93.6 Å². The molecule has 2 aliphatic rings. The van der Waals surface area contributed by atoms with Crippen LogP contribution in [0.15, 0.2) is 0 Å². The van der Waals surface area contributed by atoms with E-state index < -0.39 is 0 Å². The predicted molar refractivity (Wildman–Crippen MR) is 58.4 cm³/mol. The summed E-state index contributed by atoms with van der Waals surface area (Å²) in [7, 11) is 0. The molecule has 3 rings (SSSR count). The van der Waals surface area contributed by atoms with Gasteiger partial charge in [0.1, 0.15) is 5.82 Å². The maximum absolute atomic E-state index is 5.63. The molecule has 0 spiro atoms. The van der Waals surface area contributed by atoms with Crippen LogP contribution >= 0.6 is 12.2 Å². The van der Waals surface area contributed by atoms with Crippen LogP contribution in [-0.4, -0.2) is 27.5 Å². The highest BCUT2D eigenvalue weighted by Gasteiger charge is 2.30. The molecule has 1 saturated heterocycles. The van der Waals surface area contributed by atoms with Gasteiger partial charge in [-0.15, -0.1) is 0 Å². The molecule has 82 valence electrons. The van der Waals surface area contributed by atoms with Gasteiger partial charge in [-0.1, -0.05) is 0 Å². The van der Waals surface area contributed by atoms with Crippen LogP contribution < -0.4 is 0 Å². The molecule has 1 saturated carbocycles. The molecule has 0 amide bonds. The predicted octanol–water partition coefficient (Wildman–Crippen LogP) is 2.00. The number of rotatable bonds is 3. The van der Waals surface area contributed by atoms with E-state index in [1.54, 1.807) is 0 Å². The van der Waals surface area contributed by atoms with Crippen LogP contribution in [0.25, 0.3) is 0 Å². The zero-order valence-electron chi connectivity index (χ0n) is 8.61. The van der Waals surface area contributed by atoms with Crippen molar-refractivity contribution in [3.8, 4) is 0 Å². The Hall–Kier alpha value is -0.680. The lowest BCUT2D eigenvalue weighted by Gasteiger charge is -2.11. The van der Waals surface area contributed by atoms with Gasteiger partial charge in [-0.2, -0.15) is 5.10 Å². The number of aromatic amines is 1. The Balaban J connectivity index is 1.82. The third-order valence-corrected chi connectivity index (χ3v) is 3.45. The Morgan fingerprint density at radius 3 is 3.00 bits per heavy atom. The molecule has 2 fully saturated rings. The molecule has 15 heavy (non-hydrogen) atoms. The zero-order chi connectivity index (χ0) is 10.3. The molecular formula is C10H15N3OS. The van der Waals surface area contributed by atoms with E-state index in [-0.39, 0.29) is 0 Å². The van der Waals surface area contributed by atoms with E-state index in [9.17, 15) is 0 Å². The Morgan fingerprint density at radius 1 is 1.47 bits per heavy atom. The first-order valence-electron chi connectivity index (χ1n) is 5.61. The van der Waals surface area contributed by atoms with Gasteiger partial charge in [0.25, 0.3) is 0 Å². The summed E-state index contributed by atoms with van der Waals surface area (Å²) in [5, 5.41) is 7.20. The number of hydrogen-bond donors (Lipinski definition) is 1. The van der Waals surface area contributed by atoms with Crippen LogP contribution in [0.4, 0.5) is 0 Å². The van der Waals surface area contributed by atoms with E-state index in [2.05, 4.69) is 14.8 Å². The van der Waals surface area contributed by atoms with E-state index in [0.29, 0.717) is 12.0 Å². The summed E-state index contributed by atoms with van der Waals surface area (Å²) in [5.74, 6) is 1.77. The lowest BCUT2D eigenvalue weighted by atomic mass is 10.2. The van der Waals surface area contributed by atoms with Gasteiger partial charge >= 0.3 is 0 Å². The fraction of sp³-hybridized carbons (Fsp3) is 0.800. The molecule has 1 N–H and O–H groups in total. The molecule has 1 aliphatic carbocycles. The lowest BCUT2D eigenvalue weighted by molar-refractivity contribution is 0.0959. The molecule has 0 bridgehead atoms. The molecule has 4 nitrogen and oxygen atoms in total. The van der Waals surface area contributed by atoms with Crippen molar-refractivity contribution in [2.45, 2.75) is 44.2 Å². The zero-order valence-corrected chi connectivity index (χ0v) is 9.42. The summed E-state index contributed by atoms with van der Waals surface area (Å²) in [6.45, 7) is 1.77. The first-order valence-corrected chi connectivity index (χ1v) is 6.02. The van der Waals surface area contributed by atoms with Gasteiger partial charge in [0.2, 0.25) is 0 Å². The maximum Gasteiger partial charge on any atom is 0.195 e. The molecule has 0 aromatic carbocycles. The molecule has 5 heteroatoms. The van der Waals surface area contributed by atoms with Crippen molar-refractivity contribution in [3.05, 3.63) is 10.6 Å². The minimum atomic E-state index is 0.340. The van der Waals surface area contributed by atoms with Gasteiger partial charge in [-0.25, -0.2) is 0 Å². The highest BCUT2D eigenvalue weighted by Crippen LogP contribution is 2.39. The van der Waals surface area contributed by atoms with E-state index >= 15 is 0 Å². The van der Waals surface area contributed by atoms with Gasteiger partial charge in [0.05, 0.1) is 12.6 Å². The van der Waals surface area contributed by atoms with Crippen LogP contribution in [0.2, 0.25) is 0 Å². The summed E-state index contributed by atoms with van der Waals surface area (Å²) in [6, 6.07) is 0. The van der Waals surface area contributed by atoms with Crippen molar-refractivity contribution in [1.29, 1.82) is 0 Å². The molecule has 1 aliphatic heterocycles. The van der Waals surface area contributed by atoms with Gasteiger partial charge in [0.15, 0.2) is 4.77 Å². The second-order valence-electron chi connectivity index (χ2n) is 4.41. The molecule has 2 heterocycles. The van der Waals surface area contributed by atoms with E-state index in [1.807, 2.05) is 0 Å². The molecule has 0 radical (unpaired) electrons. The molecule has 1 aromatic heterocycles. The summed E-state index contributed by atoms with van der Waals surface area (Å²) in [5.41, 5.74) is 0. The van der Waals surface area contributed by atoms with Crippen LogP contribution in [0.1, 0.15) is 37.4 Å². The normalized spacial score (nSPS) is 26.0. The highest BCUT2D eigenvalue weighted by molar-refractivity contribution is 7.71. The van der Waals surface area contributed by atoms with Crippen LogP contribution in [0.5, 0.6) is 0 Å². The quantitative estimate of drug-likeness (QED) is 0.800. The molecule has 0 unspecified atom stereocenters. The minimum absolute atomic E-state index is 0.340. The molecule has 1 aromatic rings. The monoisotopic (exact) mass is 225 g/mol. The smallest absolute Gasteiger partial charge is 0.195 e. The second-order valence-corrected chi connectivity index (χ2v) is 4.79. The van der Waals surface area contributed by atoms with Gasteiger partial charge in [-0.05, 0) is 37.9 Å². The maximum atomic E-state index is 5.63. The fourth-order valence-corrected chi connectivity index (χ4v) is 2.37. The molecule has 1 atom stereocenters. The van der Waals surface area contributed by atoms with Crippen molar-refractivity contribution in [3.63, 3.8) is 0 Å². The topological polar surface area (TPSA) is 42.8 Å². The van der Waals surface area contributed by atoms with Crippen molar-refractivity contribution >= 4 is 12.2 Å². The van der Waals surface area contributed by atoms with Gasteiger partial charge in [-0.3, -0.25) is 5.10 Å².